The number of pyridine rings is 1. The number of nitrogens with zero attached hydrogens (tertiary/aromatic N) is 1. The van der Waals surface area contributed by atoms with Crippen molar-refractivity contribution < 1.29 is 19.5 Å². The lowest BCUT2D eigenvalue weighted by Gasteiger charge is -2.11. The van der Waals surface area contributed by atoms with Crippen molar-refractivity contribution in [2.24, 2.45) is 0 Å². The Balaban J connectivity index is 1.79. The van der Waals surface area contributed by atoms with Crippen LogP contribution in [0.2, 0.25) is 0 Å². The van der Waals surface area contributed by atoms with E-state index in [9.17, 15) is 14.4 Å². The lowest BCUT2D eigenvalue weighted by molar-refractivity contribution is 0.0694. The fourth-order valence-corrected chi connectivity index (χ4v) is 2.49. The molecule has 1 aliphatic rings. The molecule has 0 atom stereocenters. The van der Waals surface area contributed by atoms with Gasteiger partial charge in [-0.05, 0) is 56.5 Å². The summed E-state index contributed by atoms with van der Waals surface area (Å²) in [4.78, 5) is 39.7. The second-order valence-corrected chi connectivity index (χ2v) is 6.37. The minimum atomic E-state index is -1.09. The van der Waals surface area contributed by atoms with Crippen molar-refractivity contribution in [1.82, 2.24) is 10.3 Å². The average molecular weight is 353 g/mol. The van der Waals surface area contributed by atoms with Gasteiger partial charge in [0.1, 0.15) is 5.69 Å². The van der Waals surface area contributed by atoms with E-state index in [4.69, 9.17) is 5.11 Å². The maximum absolute atomic E-state index is 12.4. The molecule has 3 rings (SSSR count). The number of aromatic carboxylic acids is 1. The maximum atomic E-state index is 12.4. The highest BCUT2D eigenvalue weighted by molar-refractivity contribution is 6.05. The van der Waals surface area contributed by atoms with Gasteiger partial charge in [-0.1, -0.05) is 6.07 Å². The number of carboxylic acids is 1. The Morgan fingerprint density at radius 3 is 2.42 bits per heavy atom. The summed E-state index contributed by atoms with van der Waals surface area (Å²) in [5.74, 6) is -1.72. The number of rotatable bonds is 5. The molecule has 134 valence electrons. The van der Waals surface area contributed by atoms with Crippen molar-refractivity contribution in [3.63, 3.8) is 0 Å². The molecule has 2 amide bonds. The number of anilines is 1. The highest BCUT2D eigenvalue weighted by atomic mass is 16.4. The summed E-state index contributed by atoms with van der Waals surface area (Å²) in [6, 6.07) is 8.08. The molecule has 1 aliphatic carbocycles. The molecule has 0 radical (unpaired) electrons. The van der Waals surface area contributed by atoms with Crippen molar-refractivity contribution in [2.45, 2.75) is 32.7 Å². The average Bonchev–Trinajstić information content (AvgIpc) is 3.40. The fraction of sp³-hybridized carbons (Fsp3) is 0.263. The maximum Gasteiger partial charge on any atom is 0.337 e. The van der Waals surface area contributed by atoms with E-state index in [2.05, 4.69) is 15.6 Å². The van der Waals surface area contributed by atoms with Crippen LogP contribution in [0.3, 0.4) is 0 Å². The zero-order valence-corrected chi connectivity index (χ0v) is 14.5. The van der Waals surface area contributed by atoms with Gasteiger partial charge >= 0.3 is 5.97 Å². The highest BCUT2D eigenvalue weighted by Gasteiger charge is 2.24. The van der Waals surface area contributed by atoms with E-state index in [-0.39, 0.29) is 28.9 Å². The monoisotopic (exact) mass is 353 g/mol. The third-order valence-electron chi connectivity index (χ3n) is 4.21. The van der Waals surface area contributed by atoms with Gasteiger partial charge in [0.25, 0.3) is 11.8 Å². The summed E-state index contributed by atoms with van der Waals surface area (Å²) < 4.78 is 0. The molecule has 1 saturated carbocycles. The second kappa shape index (κ2) is 6.95. The molecular formula is C19H19N3O4. The number of aromatic nitrogens is 1. The first-order valence-corrected chi connectivity index (χ1v) is 8.29. The topological polar surface area (TPSA) is 108 Å². The molecule has 7 nitrogen and oxygen atoms in total. The van der Waals surface area contributed by atoms with E-state index >= 15 is 0 Å². The second-order valence-electron chi connectivity index (χ2n) is 6.37. The van der Waals surface area contributed by atoms with Crippen LogP contribution in [0.15, 0.2) is 30.3 Å². The van der Waals surface area contributed by atoms with Crippen molar-refractivity contribution >= 4 is 23.5 Å². The first-order valence-electron chi connectivity index (χ1n) is 8.29. The van der Waals surface area contributed by atoms with Crippen LogP contribution in [0.4, 0.5) is 5.69 Å². The third kappa shape index (κ3) is 3.88. The van der Waals surface area contributed by atoms with Crippen molar-refractivity contribution in [3.8, 4) is 0 Å². The van der Waals surface area contributed by atoms with Gasteiger partial charge in [-0.3, -0.25) is 9.59 Å². The van der Waals surface area contributed by atoms with Crippen LogP contribution in [0.25, 0.3) is 0 Å². The first-order chi connectivity index (χ1) is 12.3. The summed E-state index contributed by atoms with van der Waals surface area (Å²) in [6.07, 6.45) is 2.00. The first kappa shape index (κ1) is 17.6. The Kier molecular flexibility index (Phi) is 4.71. The molecule has 0 aliphatic heterocycles. The number of carbonyl (C=O) groups excluding carboxylic acids is 2. The molecule has 1 aromatic carbocycles. The number of aryl methyl sites for hydroxylation is 2. The Labute approximate surface area is 150 Å². The summed E-state index contributed by atoms with van der Waals surface area (Å²) in [5, 5.41) is 14.7. The normalized spacial score (nSPS) is 13.2. The van der Waals surface area contributed by atoms with Gasteiger partial charge in [-0.2, -0.15) is 0 Å². The van der Waals surface area contributed by atoms with Gasteiger partial charge in [0.2, 0.25) is 0 Å². The zero-order chi connectivity index (χ0) is 18.8. The smallest absolute Gasteiger partial charge is 0.337 e. The SMILES string of the molecule is Cc1ccc(C(=O)NC2CC2)cc1NC(=O)c1ccc(C(=O)O)c(C)n1. The van der Waals surface area contributed by atoms with Crippen LogP contribution in [-0.4, -0.2) is 33.9 Å². The lowest BCUT2D eigenvalue weighted by atomic mass is 10.1. The Morgan fingerprint density at radius 1 is 1.08 bits per heavy atom. The van der Waals surface area contributed by atoms with Crippen LogP contribution < -0.4 is 10.6 Å². The Bertz CT molecular complexity index is 904. The van der Waals surface area contributed by atoms with Crippen molar-refractivity contribution in [3.05, 3.63) is 58.4 Å². The van der Waals surface area contributed by atoms with E-state index in [1.54, 1.807) is 18.2 Å². The molecule has 0 saturated heterocycles. The van der Waals surface area contributed by atoms with Gasteiger partial charge in [0.15, 0.2) is 0 Å². The van der Waals surface area contributed by atoms with Gasteiger partial charge < -0.3 is 15.7 Å². The number of carbonyl (C=O) groups is 3. The molecule has 0 unspecified atom stereocenters. The summed E-state index contributed by atoms with van der Waals surface area (Å²) >= 11 is 0. The number of amides is 2. The highest BCUT2D eigenvalue weighted by Crippen LogP contribution is 2.22. The van der Waals surface area contributed by atoms with E-state index in [1.807, 2.05) is 6.92 Å². The van der Waals surface area contributed by atoms with Crippen LogP contribution in [0.5, 0.6) is 0 Å². The molecule has 26 heavy (non-hydrogen) atoms. The summed E-state index contributed by atoms with van der Waals surface area (Å²) in [5.41, 5.74) is 2.22. The Morgan fingerprint density at radius 2 is 1.81 bits per heavy atom. The predicted octanol–water partition coefficient (Wildman–Crippen LogP) is 2.54. The minimum Gasteiger partial charge on any atom is -0.478 e. The molecule has 1 heterocycles. The predicted molar refractivity (Wildman–Crippen MR) is 95.6 cm³/mol. The van der Waals surface area contributed by atoms with Crippen molar-refractivity contribution in [2.75, 3.05) is 5.32 Å². The number of hydrogen-bond donors (Lipinski definition) is 3. The van der Waals surface area contributed by atoms with Crippen molar-refractivity contribution in [1.29, 1.82) is 0 Å². The van der Waals surface area contributed by atoms with Gasteiger partial charge in [0.05, 0.1) is 11.3 Å². The van der Waals surface area contributed by atoms with Gasteiger partial charge in [-0.15, -0.1) is 0 Å². The minimum absolute atomic E-state index is 0.0523. The fourth-order valence-electron chi connectivity index (χ4n) is 2.49. The number of nitrogens with one attached hydrogen (secondary N) is 2. The molecule has 0 spiro atoms. The zero-order valence-electron chi connectivity index (χ0n) is 14.5. The van der Waals surface area contributed by atoms with E-state index in [0.717, 1.165) is 18.4 Å². The molecule has 3 N–H and O–H groups in total. The molecule has 2 aromatic rings. The quantitative estimate of drug-likeness (QED) is 0.765. The third-order valence-corrected chi connectivity index (χ3v) is 4.21. The Hall–Kier alpha value is -3.22. The van der Waals surface area contributed by atoms with Crippen LogP contribution in [-0.2, 0) is 0 Å². The van der Waals surface area contributed by atoms with Gasteiger partial charge in [-0.25, -0.2) is 9.78 Å². The molecule has 0 bridgehead atoms. The molecule has 1 aromatic heterocycles. The molecular weight excluding hydrogens is 334 g/mol. The lowest BCUT2D eigenvalue weighted by Crippen LogP contribution is -2.25. The molecule has 7 heteroatoms. The standard InChI is InChI=1S/C19H19N3O4/c1-10-3-4-12(17(23)21-13-5-6-13)9-16(10)22-18(24)15-8-7-14(19(25)26)11(2)20-15/h3-4,7-9,13H,5-6H2,1-2H3,(H,21,23)(H,22,24)(H,25,26). The van der Waals surface area contributed by atoms with Crippen LogP contribution >= 0.6 is 0 Å². The largest absolute Gasteiger partial charge is 0.478 e. The summed E-state index contributed by atoms with van der Waals surface area (Å²) in [7, 11) is 0. The van der Waals surface area contributed by atoms with E-state index < -0.39 is 11.9 Å². The summed E-state index contributed by atoms with van der Waals surface area (Å²) in [6.45, 7) is 3.36. The van der Waals surface area contributed by atoms with E-state index in [0.29, 0.717) is 11.3 Å². The van der Waals surface area contributed by atoms with Gasteiger partial charge in [0, 0.05) is 17.3 Å². The molecule has 1 fully saturated rings. The number of carboxylic acid groups (broad SMARTS) is 1. The number of benzene rings is 1. The van der Waals surface area contributed by atoms with Crippen LogP contribution in [0.1, 0.15) is 55.3 Å². The van der Waals surface area contributed by atoms with Crippen LogP contribution in [0, 0.1) is 13.8 Å². The number of hydrogen-bond acceptors (Lipinski definition) is 4. The van der Waals surface area contributed by atoms with E-state index in [1.165, 1.54) is 19.1 Å².